The minimum atomic E-state index is -0.460. The molecule has 2 heterocycles. The number of fused-ring (bicyclic) bond motifs is 2. The van der Waals surface area contributed by atoms with Gasteiger partial charge in [-0.15, -0.1) is 0 Å². The summed E-state index contributed by atoms with van der Waals surface area (Å²) >= 11 is 0. The smallest absolute Gasteiger partial charge is 0.257 e. The second-order valence-electron chi connectivity index (χ2n) is 6.32. The number of aromatic amines is 1. The van der Waals surface area contributed by atoms with Gasteiger partial charge in [0.1, 0.15) is 12.4 Å². The summed E-state index contributed by atoms with van der Waals surface area (Å²) in [5.41, 5.74) is 2.84. The molecule has 0 bridgehead atoms. The molecule has 2 N–H and O–H groups in total. The zero-order chi connectivity index (χ0) is 21.3. The van der Waals surface area contributed by atoms with E-state index in [0.717, 1.165) is 0 Å². The van der Waals surface area contributed by atoms with Crippen LogP contribution in [0.4, 0.5) is 5.69 Å². The quantitative estimate of drug-likeness (QED) is 0.524. The zero-order valence-corrected chi connectivity index (χ0v) is 16.4. The van der Waals surface area contributed by atoms with Crippen LogP contribution in [0.15, 0.2) is 36.8 Å². The Kier molecular flexibility index (Phi) is 4.82. The summed E-state index contributed by atoms with van der Waals surface area (Å²) < 4.78 is 16.0. The Morgan fingerprint density at radius 1 is 1.03 bits per heavy atom. The van der Waals surface area contributed by atoms with Gasteiger partial charge in [-0.1, -0.05) is 0 Å². The number of imidazole rings is 1. The fourth-order valence-electron chi connectivity index (χ4n) is 3.31. The molecule has 4 rings (SSSR count). The van der Waals surface area contributed by atoms with E-state index in [1.807, 2.05) is 0 Å². The van der Waals surface area contributed by atoms with Crippen LogP contribution >= 0.6 is 0 Å². The number of anilines is 1. The van der Waals surface area contributed by atoms with Crippen molar-refractivity contribution < 1.29 is 19.0 Å². The zero-order valence-electron chi connectivity index (χ0n) is 16.4. The molecule has 0 saturated carbocycles. The van der Waals surface area contributed by atoms with E-state index in [1.165, 1.54) is 33.9 Å². The predicted molar refractivity (Wildman–Crippen MR) is 110 cm³/mol. The molecule has 0 unspecified atom stereocenters. The third-order valence-electron chi connectivity index (χ3n) is 4.69. The van der Waals surface area contributed by atoms with Crippen LogP contribution in [0.5, 0.6) is 17.2 Å². The number of nitrogens with one attached hydrogen (secondary N) is 2. The van der Waals surface area contributed by atoms with Gasteiger partial charge >= 0.3 is 0 Å². The molecule has 9 heteroatoms. The van der Waals surface area contributed by atoms with Crippen molar-refractivity contribution in [2.24, 2.45) is 0 Å². The molecule has 2 aromatic carbocycles. The Labute approximate surface area is 171 Å². The van der Waals surface area contributed by atoms with Crippen LogP contribution < -0.4 is 19.5 Å². The molecule has 0 aliphatic heterocycles. The molecule has 0 spiro atoms. The normalized spacial score (nSPS) is 10.6. The van der Waals surface area contributed by atoms with Crippen molar-refractivity contribution in [3.8, 4) is 23.3 Å². The summed E-state index contributed by atoms with van der Waals surface area (Å²) in [5.74, 6) is 0.742. The Balaban J connectivity index is 1.83. The van der Waals surface area contributed by atoms with Crippen LogP contribution in [0.2, 0.25) is 0 Å². The van der Waals surface area contributed by atoms with E-state index < -0.39 is 5.91 Å². The van der Waals surface area contributed by atoms with E-state index in [0.29, 0.717) is 44.9 Å². The second kappa shape index (κ2) is 7.60. The number of nitrogens with zero attached hydrogens (tertiary/aromatic N) is 3. The third kappa shape index (κ3) is 3.10. The molecule has 30 heavy (non-hydrogen) atoms. The average Bonchev–Trinajstić information content (AvgIpc) is 3.23. The molecule has 0 aliphatic carbocycles. The molecular formula is C21H17N5O4. The van der Waals surface area contributed by atoms with Crippen molar-refractivity contribution in [2.45, 2.75) is 0 Å². The van der Waals surface area contributed by atoms with Gasteiger partial charge in [-0.3, -0.25) is 4.79 Å². The highest BCUT2D eigenvalue weighted by Gasteiger charge is 2.20. The van der Waals surface area contributed by atoms with Crippen LogP contribution in [0.1, 0.15) is 15.9 Å². The molecule has 9 nitrogen and oxygen atoms in total. The Morgan fingerprint density at radius 3 is 2.30 bits per heavy atom. The molecule has 0 atom stereocenters. The lowest BCUT2D eigenvalue weighted by Gasteiger charge is -2.15. The Hall–Kier alpha value is -4.32. The fraction of sp³-hybridized carbons (Fsp3) is 0.143. The summed E-state index contributed by atoms with van der Waals surface area (Å²) in [6.45, 7) is 0. The van der Waals surface area contributed by atoms with Gasteiger partial charge in [-0.25, -0.2) is 9.97 Å². The molecule has 0 radical (unpaired) electrons. The number of aromatic nitrogens is 3. The third-order valence-corrected chi connectivity index (χ3v) is 4.69. The molecule has 0 aliphatic rings. The summed E-state index contributed by atoms with van der Waals surface area (Å²) in [5, 5.41) is 12.9. The molecule has 0 saturated heterocycles. The Bertz CT molecular complexity index is 1300. The van der Waals surface area contributed by atoms with Gasteiger partial charge in [0.05, 0.1) is 43.5 Å². The maximum absolute atomic E-state index is 13.2. The Morgan fingerprint density at radius 2 is 1.70 bits per heavy atom. The molecule has 4 aromatic rings. The first-order chi connectivity index (χ1) is 14.6. The minimum Gasteiger partial charge on any atom is -0.493 e. The molecule has 150 valence electrons. The van der Waals surface area contributed by atoms with Crippen LogP contribution in [0.3, 0.4) is 0 Å². The van der Waals surface area contributed by atoms with E-state index in [4.69, 9.17) is 14.2 Å². The van der Waals surface area contributed by atoms with Gasteiger partial charge in [-0.2, -0.15) is 5.26 Å². The number of ether oxygens (including phenoxy) is 3. The van der Waals surface area contributed by atoms with Crippen LogP contribution in [-0.4, -0.2) is 42.2 Å². The lowest BCUT2D eigenvalue weighted by atomic mass is 10.0. The largest absolute Gasteiger partial charge is 0.493 e. The monoisotopic (exact) mass is 403 g/mol. The maximum Gasteiger partial charge on any atom is 0.257 e. The summed E-state index contributed by atoms with van der Waals surface area (Å²) in [4.78, 5) is 24.6. The number of methoxy groups -OCH3 is 3. The van der Waals surface area contributed by atoms with Crippen molar-refractivity contribution in [3.63, 3.8) is 0 Å². The van der Waals surface area contributed by atoms with Crippen molar-refractivity contribution in [3.05, 3.63) is 47.9 Å². The molecule has 0 fully saturated rings. The predicted octanol–water partition coefficient (Wildman–Crippen LogP) is 3.26. The van der Waals surface area contributed by atoms with Gasteiger partial charge in [-0.05, 0) is 12.1 Å². The lowest BCUT2D eigenvalue weighted by molar-refractivity contribution is 0.102. The molecule has 2 aromatic heterocycles. The number of nitriles is 1. The number of H-pyrrole nitrogens is 1. The SMILES string of the molecule is COc1cc(NC(=O)c2c(C#N)c[nH]c3cc4ncnc4cc23)cc(OC)c1OC. The highest BCUT2D eigenvalue weighted by molar-refractivity contribution is 6.15. The number of rotatable bonds is 5. The lowest BCUT2D eigenvalue weighted by Crippen LogP contribution is -2.15. The first kappa shape index (κ1) is 19.0. The standard InChI is InChI=1S/C21H17N5O4/c1-28-17-4-12(5-18(29-2)20(17)30-3)26-21(27)19-11(8-22)9-23-14-7-16-15(6-13(14)19)24-10-25-16/h4-7,9-10,23H,1-3H3,(H,26,27). The molecular weight excluding hydrogens is 386 g/mol. The number of hydrogen-bond acceptors (Lipinski definition) is 7. The van der Waals surface area contributed by atoms with E-state index in [1.54, 1.807) is 24.3 Å². The first-order valence-corrected chi connectivity index (χ1v) is 8.87. The first-order valence-electron chi connectivity index (χ1n) is 8.87. The second-order valence-corrected chi connectivity index (χ2v) is 6.32. The number of benzene rings is 2. The summed E-state index contributed by atoms with van der Waals surface area (Å²) in [7, 11) is 4.48. The summed E-state index contributed by atoms with van der Waals surface area (Å²) in [6, 6.07) is 8.81. The highest BCUT2D eigenvalue weighted by Crippen LogP contribution is 2.40. The van der Waals surface area contributed by atoms with Gasteiger partial charge in [0.2, 0.25) is 5.75 Å². The van der Waals surface area contributed by atoms with Gasteiger partial charge in [0.15, 0.2) is 11.5 Å². The molecule has 1 amide bonds. The number of amides is 1. The fourth-order valence-corrected chi connectivity index (χ4v) is 3.31. The van der Waals surface area contributed by atoms with Crippen LogP contribution in [0.25, 0.3) is 21.9 Å². The number of pyridine rings is 1. The number of carbonyl (C=O) groups excluding carboxylic acids is 1. The minimum absolute atomic E-state index is 0.200. The van der Waals surface area contributed by atoms with Crippen molar-refractivity contribution in [1.29, 1.82) is 5.26 Å². The van der Waals surface area contributed by atoms with Crippen LogP contribution in [-0.2, 0) is 0 Å². The van der Waals surface area contributed by atoms with Crippen LogP contribution in [0, 0.1) is 11.3 Å². The van der Waals surface area contributed by atoms with Gasteiger partial charge < -0.3 is 24.5 Å². The number of carbonyl (C=O) groups is 1. The van der Waals surface area contributed by atoms with E-state index in [9.17, 15) is 10.1 Å². The highest BCUT2D eigenvalue weighted by atomic mass is 16.5. The van der Waals surface area contributed by atoms with Crippen molar-refractivity contribution >= 4 is 33.5 Å². The summed E-state index contributed by atoms with van der Waals surface area (Å²) in [6.07, 6.45) is 2.94. The van der Waals surface area contributed by atoms with Crippen molar-refractivity contribution in [2.75, 3.05) is 26.6 Å². The maximum atomic E-state index is 13.2. The number of hydrogen-bond donors (Lipinski definition) is 2. The topological polar surface area (TPSA) is 122 Å². The van der Waals surface area contributed by atoms with Crippen molar-refractivity contribution in [1.82, 2.24) is 15.0 Å². The van der Waals surface area contributed by atoms with Gasteiger partial charge in [0.25, 0.3) is 5.91 Å². The van der Waals surface area contributed by atoms with Gasteiger partial charge in [0, 0.05) is 34.9 Å². The van der Waals surface area contributed by atoms with E-state index in [-0.39, 0.29) is 11.1 Å². The average molecular weight is 403 g/mol. The van der Waals surface area contributed by atoms with E-state index >= 15 is 0 Å². The van der Waals surface area contributed by atoms with E-state index in [2.05, 4.69) is 26.3 Å².